The lowest BCUT2D eigenvalue weighted by Crippen LogP contribution is -2.49. The molecule has 1 aliphatic heterocycles. The molecule has 0 bridgehead atoms. The summed E-state index contributed by atoms with van der Waals surface area (Å²) in [5.41, 5.74) is 5.20. The van der Waals surface area contributed by atoms with Crippen molar-refractivity contribution >= 4 is 16.4 Å². The molecule has 1 amide bonds. The Morgan fingerprint density at radius 1 is 1.21 bits per heavy atom. The summed E-state index contributed by atoms with van der Waals surface area (Å²) >= 11 is 0. The quantitative estimate of drug-likeness (QED) is 0.559. The van der Waals surface area contributed by atoms with Gasteiger partial charge in [0.2, 0.25) is 16.4 Å². The van der Waals surface area contributed by atoms with Crippen LogP contribution >= 0.6 is 0 Å². The van der Waals surface area contributed by atoms with Crippen molar-refractivity contribution in [2.45, 2.75) is 0 Å². The fourth-order valence-corrected chi connectivity index (χ4v) is 2.64. The summed E-state index contributed by atoms with van der Waals surface area (Å²) in [5, 5.41) is 0. The molecule has 0 aromatic carbocycles. The van der Waals surface area contributed by atoms with Crippen LogP contribution < -0.4 is 5.73 Å². The van der Waals surface area contributed by atoms with E-state index in [1.807, 2.05) is 0 Å². The maximum Gasteiger partial charge on any atom is 0.215 e. The van der Waals surface area contributed by atoms with Crippen LogP contribution in [0.4, 0.5) is 0 Å². The van der Waals surface area contributed by atoms with E-state index in [9.17, 15) is 13.2 Å². The fraction of sp³-hybridized carbons (Fsp3) is 0.857. The number of hydrogen-bond donors (Lipinski definition) is 1. The van der Waals surface area contributed by atoms with Gasteiger partial charge in [0, 0.05) is 32.7 Å². The van der Waals surface area contributed by atoms with Crippen molar-refractivity contribution in [2.24, 2.45) is 5.73 Å². The fourth-order valence-electron chi connectivity index (χ4n) is 1.37. The zero-order valence-electron chi connectivity index (χ0n) is 7.92. The van der Waals surface area contributed by atoms with Gasteiger partial charge in [0.1, 0.15) is 0 Å². The lowest BCUT2D eigenvalue weighted by molar-refractivity contribution is -0.119. The maximum absolute atomic E-state index is 11.5. The van der Waals surface area contributed by atoms with Crippen molar-refractivity contribution in [3.05, 3.63) is 0 Å². The van der Waals surface area contributed by atoms with Gasteiger partial charge >= 0.3 is 0 Å². The highest BCUT2D eigenvalue weighted by atomic mass is 32.2. The summed E-state index contributed by atoms with van der Waals surface area (Å²) in [6.45, 7) is 1.82. The Hall–Kier alpha value is -0.660. The van der Waals surface area contributed by atoms with Gasteiger partial charge in [0.05, 0.1) is 5.75 Å². The molecular weight excluding hydrogens is 206 g/mol. The Morgan fingerprint density at radius 2 is 1.79 bits per heavy atom. The van der Waals surface area contributed by atoms with Crippen LogP contribution in [0.1, 0.15) is 0 Å². The van der Waals surface area contributed by atoms with Crippen molar-refractivity contribution in [2.75, 3.05) is 38.5 Å². The van der Waals surface area contributed by atoms with E-state index in [1.54, 1.807) is 4.90 Å². The molecule has 0 spiro atoms. The van der Waals surface area contributed by atoms with E-state index in [-0.39, 0.29) is 12.3 Å². The van der Waals surface area contributed by atoms with Crippen LogP contribution in [0.3, 0.4) is 0 Å². The van der Waals surface area contributed by atoms with Gasteiger partial charge < -0.3 is 10.6 Å². The molecule has 0 aliphatic carbocycles. The molecule has 7 heteroatoms. The molecular formula is C7H15N3O3S. The topological polar surface area (TPSA) is 83.7 Å². The predicted molar refractivity (Wildman–Crippen MR) is 52.1 cm³/mol. The first-order valence-electron chi connectivity index (χ1n) is 4.47. The minimum Gasteiger partial charge on any atom is -0.343 e. The number of hydrogen-bond acceptors (Lipinski definition) is 4. The van der Waals surface area contributed by atoms with Gasteiger partial charge in [0.25, 0.3) is 0 Å². The molecule has 14 heavy (non-hydrogen) atoms. The minimum atomic E-state index is -3.20. The summed E-state index contributed by atoms with van der Waals surface area (Å²) in [6, 6.07) is 0. The molecule has 6 nitrogen and oxygen atoms in total. The van der Waals surface area contributed by atoms with Crippen molar-refractivity contribution in [3.8, 4) is 0 Å². The number of rotatable bonds is 4. The molecule has 1 rings (SSSR count). The molecule has 1 aliphatic rings. The number of nitrogens with zero attached hydrogens (tertiary/aromatic N) is 2. The van der Waals surface area contributed by atoms with Crippen molar-refractivity contribution in [1.29, 1.82) is 0 Å². The van der Waals surface area contributed by atoms with Crippen LogP contribution in [0.25, 0.3) is 0 Å². The smallest absolute Gasteiger partial charge is 0.215 e. The second-order valence-electron chi connectivity index (χ2n) is 3.15. The van der Waals surface area contributed by atoms with E-state index >= 15 is 0 Å². The second kappa shape index (κ2) is 4.72. The third-order valence-electron chi connectivity index (χ3n) is 2.19. The molecule has 0 radical (unpaired) electrons. The van der Waals surface area contributed by atoms with E-state index in [2.05, 4.69) is 0 Å². The van der Waals surface area contributed by atoms with Crippen molar-refractivity contribution < 1.29 is 13.2 Å². The summed E-state index contributed by atoms with van der Waals surface area (Å²) in [4.78, 5) is 11.9. The molecule has 0 unspecified atom stereocenters. The first-order chi connectivity index (χ1) is 6.60. The average Bonchev–Trinajstić information content (AvgIpc) is 2.18. The molecule has 0 aromatic rings. The number of nitrogens with two attached hydrogens (primary N) is 1. The summed E-state index contributed by atoms with van der Waals surface area (Å²) in [5.74, 6) is -0.0198. The molecule has 0 atom stereocenters. The van der Waals surface area contributed by atoms with Crippen LogP contribution in [0.5, 0.6) is 0 Å². The first-order valence-corrected chi connectivity index (χ1v) is 6.08. The van der Waals surface area contributed by atoms with E-state index in [0.29, 0.717) is 26.2 Å². The van der Waals surface area contributed by atoms with E-state index in [1.165, 1.54) is 4.31 Å². The van der Waals surface area contributed by atoms with Gasteiger partial charge in [-0.15, -0.1) is 0 Å². The number of carbonyl (C=O) groups is 1. The molecule has 1 fully saturated rings. The number of carbonyl (C=O) groups excluding carboxylic acids is 1. The van der Waals surface area contributed by atoms with E-state index < -0.39 is 10.0 Å². The van der Waals surface area contributed by atoms with Crippen LogP contribution in [0.15, 0.2) is 0 Å². The Labute approximate surface area is 83.7 Å². The lowest BCUT2D eigenvalue weighted by atomic mass is 10.4. The zero-order chi connectivity index (χ0) is 10.6. The molecule has 0 aromatic heterocycles. The highest BCUT2D eigenvalue weighted by Gasteiger charge is 2.25. The maximum atomic E-state index is 11.5. The van der Waals surface area contributed by atoms with Gasteiger partial charge in [0.15, 0.2) is 0 Å². The minimum absolute atomic E-state index is 0.0198. The van der Waals surface area contributed by atoms with E-state index in [0.717, 1.165) is 6.41 Å². The Balaban J connectivity index is 2.53. The summed E-state index contributed by atoms with van der Waals surface area (Å²) in [6.07, 6.45) is 0.743. The standard InChI is InChI=1S/C7H15N3O3S/c8-1-6-14(12,13)10-4-2-9(7-11)3-5-10/h7H,1-6,8H2. The van der Waals surface area contributed by atoms with Gasteiger partial charge in [-0.3, -0.25) is 4.79 Å². The van der Waals surface area contributed by atoms with Crippen molar-refractivity contribution in [3.63, 3.8) is 0 Å². The lowest BCUT2D eigenvalue weighted by Gasteiger charge is -2.31. The molecule has 2 N–H and O–H groups in total. The zero-order valence-corrected chi connectivity index (χ0v) is 8.74. The monoisotopic (exact) mass is 221 g/mol. The number of sulfonamides is 1. The molecule has 1 heterocycles. The van der Waals surface area contributed by atoms with Crippen molar-refractivity contribution in [1.82, 2.24) is 9.21 Å². The Morgan fingerprint density at radius 3 is 2.21 bits per heavy atom. The van der Waals surface area contributed by atoms with E-state index in [4.69, 9.17) is 5.73 Å². The molecule has 82 valence electrons. The summed E-state index contributed by atoms with van der Waals surface area (Å²) < 4.78 is 24.4. The second-order valence-corrected chi connectivity index (χ2v) is 5.23. The van der Waals surface area contributed by atoms with Gasteiger partial charge in [-0.1, -0.05) is 0 Å². The Kier molecular flexibility index (Phi) is 3.85. The largest absolute Gasteiger partial charge is 0.343 e. The van der Waals surface area contributed by atoms with Gasteiger partial charge in [-0.25, -0.2) is 8.42 Å². The third kappa shape index (κ3) is 2.66. The molecule has 1 saturated heterocycles. The molecule has 0 saturated carbocycles. The van der Waals surface area contributed by atoms with Gasteiger partial charge in [-0.2, -0.15) is 4.31 Å². The highest BCUT2D eigenvalue weighted by molar-refractivity contribution is 7.89. The van der Waals surface area contributed by atoms with Crippen LogP contribution in [0, 0.1) is 0 Å². The van der Waals surface area contributed by atoms with Gasteiger partial charge in [-0.05, 0) is 0 Å². The summed E-state index contributed by atoms with van der Waals surface area (Å²) in [7, 11) is -3.20. The predicted octanol–water partition coefficient (Wildman–Crippen LogP) is -1.95. The highest BCUT2D eigenvalue weighted by Crippen LogP contribution is 2.05. The Bertz CT molecular complexity index is 283. The number of piperazine rings is 1. The average molecular weight is 221 g/mol. The van der Waals surface area contributed by atoms with Crippen LogP contribution in [-0.4, -0.2) is 62.5 Å². The van der Waals surface area contributed by atoms with Crippen LogP contribution in [0.2, 0.25) is 0 Å². The third-order valence-corrected chi connectivity index (χ3v) is 4.10. The normalized spacial score (nSPS) is 19.6. The number of amides is 1. The SMILES string of the molecule is NCCS(=O)(=O)N1CCN(C=O)CC1. The first kappa shape index (κ1) is 11.4. The van der Waals surface area contributed by atoms with Crippen LogP contribution in [-0.2, 0) is 14.8 Å².